The Labute approximate surface area is 94.6 Å². The van der Waals surface area contributed by atoms with Gasteiger partial charge in [-0.1, -0.05) is 0 Å². The fourth-order valence-electron chi connectivity index (χ4n) is 1.37. The molecule has 0 amide bonds. The van der Waals surface area contributed by atoms with E-state index in [1.54, 1.807) is 0 Å². The van der Waals surface area contributed by atoms with Crippen molar-refractivity contribution in [2.24, 2.45) is 0 Å². The molecule has 0 saturated carbocycles. The second-order valence-corrected chi connectivity index (χ2v) is 3.38. The molecule has 0 radical (unpaired) electrons. The van der Waals surface area contributed by atoms with Crippen molar-refractivity contribution in [1.82, 2.24) is 24.8 Å². The van der Waals surface area contributed by atoms with E-state index < -0.39 is 17.4 Å². The van der Waals surface area contributed by atoms with Gasteiger partial charge < -0.3 is 10.5 Å². The van der Waals surface area contributed by atoms with Gasteiger partial charge in [0.15, 0.2) is 0 Å². The molecule has 0 unspecified atom stereocenters. The first kappa shape index (κ1) is 11.0. The Hall–Kier alpha value is -2.45. The molecule has 17 heavy (non-hydrogen) atoms. The normalized spacial score (nSPS) is 12.6. The van der Waals surface area contributed by atoms with E-state index in [4.69, 9.17) is 5.73 Å². The molecular formula is C8H10N6O3. The Balaban J connectivity index is 2.59. The largest absolute Gasteiger partial charge is 0.469 e. The molecule has 0 bridgehead atoms. The van der Waals surface area contributed by atoms with E-state index in [2.05, 4.69) is 25.0 Å². The predicted octanol–water partition coefficient (Wildman–Crippen LogP) is -1.33. The van der Waals surface area contributed by atoms with Gasteiger partial charge in [0.1, 0.15) is 11.6 Å². The highest BCUT2D eigenvalue weighted by Crippen LogP contribution is 2.10. The number of carbonyl (C=O) groups is 1. The summed E-state index contributed by atoms with van der Waals surface area (Å²) in [6, 6.07) is 0. The fraction of sp³-hybridized carbons (Fsp3) is 0.375. The third-order valence-corrected chi connectivity index (χ3v) is 2.30. The molecule has 0 aromatic carbocycles. The van der Waals surface area contributed by atoms with Crippen LogP contribution < -0.4 is 11.3 Å². The lowest BCUT2D eigenvalue weighted by molar-refractivity contribution is -0.142. The molecule has 9 heteroatoms. The number of fused-ring (bicyclic) bond motifs is 1. The number of hydrogen-bond donors (Lipinski definition) is 2. The van der Waals surface area contributed by atoms with E-state index >= 15 is 0 Å². The van der Waals surface area contributed by atoms with Gasteiger partial charge in [0, 0.05) is 0 Å². The Morgan fingerprint density at radius 3 is 2.88 bits per heavy atom. The number of anilines is 1. The first-order valence-electron chi connectivity index (χ1n) is 4.73. The van der Waals surface area contributed by atoms with E-state index in [1.807, 2.05) is 0 Å². The van der Waals surface area contributed by atoms with Crippen molar-refractivity contribution in [3.05, 3.63) is 16.0 Å². The summed E-state index contributed by atoms with van der Waals surface area (Å²) in [7, 11) is 1.24. The van der Waals surface area contributed by atoms with Gasteiger partial charge >= 0.3 is 5.97 Å². The summed E-state index contributed by atoms with van der Waals surface area (Å²) >= 11 is 0. The van der Waals surface area contributed by atoms with Gasteiger partial charge in [0.25, 0.3) is 11.3 Å². The Morgan fingerprint density at radius 1 is 1.53 bits per heavy atom. The van der Waals surface area contributed by atoms with Crippen molar-refractivity contribution >= 4 is 17.7 Å². The second-order valence-electron chi connectivity index (χ2n) is 3.38. The molecule has 2 aromatic rings. The molecule has 0 spiro atoms. The summed E-state index contributed by atoms with van der Waals surface area (Å²) in [5.41, 5.74) is 4.92. The van der Waals surface area contributed by atoms with Crippen LogP contribution in [0.15, 0.2) is 4.79 Å². The van der Waals surface area contributed by atoms with Crippen LogP contribution in [-0.4, -0.2) is 37.9 Å². The van der Waals surface area contributed by atoms with E-state index in [0.717, 1.165) is 4.52 Å². The minimum atomic E-state index is -0.785. The van der Waals surface area contributed by atoms with Crippen molar-refractivity contribution < 1.29 is 9.53 Å². The van der Waals surface area contributed by atoms with Gasteiger partial charge in [-0.25, -0.2) is 4.98 Å². The average Bonchev–Trinajstić information content (AvgIpc) is 2.68. The summed E-state index contributed by atoms with van der Waals surface area (Å²) in [6.07, 6.45) is 0. The number of rotatable bonds is 2. The van der Waals surface area contributed by atoms with Crippen LogP contribution in [0.1, 0.15) is 18.5 Å². The number of aromatic nitrogens is 5. The minimum Gasteiger partial charge on any atom is -0.469 e. The van der Waals surface area contributed by atoms with Crippen molar-refractivity contribution in [1.29, 1.82) is 0 Å². The van der Waals surface area contributed by atoms with E-state index in [9.17, 15) is 9.59 Å². The molecule has 9 nitrogen and oxygen atoms in total. The average molecular weight is 238 g/mol. The summed E-state index contributed by atoms with van der Waals surface area (Å²) in [5, 5.41) is 9.59. The maximum atomic E-state index is 11.7. The number of carbonyl (C=O) groups excluding carboxylic acids is 1. The van der Waals surface area contributed by atoms with E-state index in [-0.39, 0.29) is 17.4 Å². The van der Waals surface area contributed by atoms with Crippen LogP contribution in [0.3, 0.4) is 0 Å². The van der Waals surface area contributed by atoms with Crippen LogP contribution in [0, 0.1) is 0 Å². The highest BCUT2D eigenvalue weighted by molar-refractivity contribution is 5.76. The van der Waals surface area contributed by atoms with Crippen molar-refractivity contribution in [2.75, 3.05) is 12.8 Å². The molecule has 1 atom stereocenters. The molecular weight excluding hydrogens is 228 g/mol. The van der Waals surface area contributed by atoms with Gasteiger partial charge in [-0.3, -0.25) is 14.7 Å². The van der Waals surface area contributed by atoms with E-state index in [0.29, 0.717) is 0 Å². The number of esters is 1. The standard InChI is InChI=1S/C8H10N6O3/c1-3(6(16)17-2)4-5(15)13-14-7(9)11-12-8(14)10-4/h3H,1-2H3,(H2,9,11)(H,13,15)/t3-/m1/s1. The number of nitrogens with two attached hydrogens (primary N) is 1. The molecule has 0 fully saturated rings. The fourth-order valence-corrected chi connectivity index (χ4v) is 1.37. The summed E-state index contributed by atoms with van der Waals surface area (Å²) in [6.45, 7) is 1.51. The van der Waals surface area contributed by atoms with Gasteiger partial charge in [-0.05, 0) is 6.92 Å². The topological polar surface area (TPSA) is 128 Å². The smallest absolute Gasteiger partial charge is 0.314 e. The predicted molar refractivity (Wildman–Crippen MR) is 56.2 cm³/mol. The summed E-state index contributed by atoms with van der Waals surface area (Å²) in [4.78, 5) is 26.9. The first-order chi connectivity index (χ1) is 8.04. The number of nitrogen functional groups attached to an aromatic ring is 1. The third kappa shape index (κ3) is 1.71. The van der Waals surface area contributed by atoms with Gasteiger partial charge in [0.05, 0.1) is 7.11 Å². The maximum Gasteiger partial charge on any atom is 0.314 e. The second kappa shape index (κ2) is 3.85. The Morgan fingerprint density at radius 2 is 2.24 bits per heavy atom. The number of aromatic amines is 1. The first-order valence-corrected chi connectivity index (χ1v) is 4.73. The van der Waals surface area contributed by atoms with Crippen LogP contribution in [0.4, 0.5) is 5.95 Å². The van der Waals surface area contributed by atoms with Crippen LogP contribution in [0.25, 0.3) is 5.78 Å². The quantitative estimate of drug-likeness (QED) is 0.620. The monoisotopic (exact) mass is 238 g/mol. The zero-order valence-electron chi connectivity index (χ0n) is 9.17. The van der Waals surface area contributed by atoms with Crippen LogP contribution >= 0.6 is 0 Å². The molecule has 2 rings (SSSR count). The maximum absolute atomic E-state index is 11.7. The number of methoxy groups -OCH3 is 1. The molecule has 0 aliphatic heterocycles. The van der Waals surface area contributed by atoms with Crippen LogP contribution in [-0.2, 0) is 9.53 Å². The van der Waals surface area contributed by atoms with Crippen LogP contribution in [0.5, 0.6) is 0 Å². The molecule has 2 heterocycles. The molecule has 0 saturated heterocycles. The van der Waals surface area contributed by atoms with E-state index in [1.165, 1.54) is 14.0 Å². The Bertz CT molecular complexity index is 630. The molecule has 0 aliphatic rings. The van der Waals surface area contributed by atoms with Gasteiger partial charge in [-0.2, -0.15) is 4.52 Å². The molecule has 2 aromatic heterocycles. The molecule has 90 valence electrons. The Kier molecular flexibility index (Phi) is 2.50. The SMILES string of the molecule is COC(=O)[C@H](C)c1nc2nnc(N)n2[nH]c1=O. The zero-order chi connectivity index (χ0) is 12.6. The van der Waals surface area contributed by atoms with Gasteiger partial charge in [0.2, 0.25) is 5.95 Å². The van der Waals surface area contributed by atoms with Crippen LogP contribution in [0.2, 0.25) is 0 Å². The lowest BCUT2D eigenvalue weighted by Crippen LogP contribution is -2.25. The zero-order valence-corrected chi connectivity index (χ0v) is 9.17. The molecule has 0 aliphatic carbocycles. The number of hydrogen-bond acceptors (Lipinski definition) is 7. The lowest BCUT2D eigenvalue weighted by atomic mass is 10.1. The minimum absolute atomic E-state index is 0.0109. The number of nitrogens with zero attached hydrogens (tertiary/aromatic N) is 4. The van der Waals surface area contributed by atoms with Crippen molar-refractivity contribution in [3.8, 4) is 0 Å². The number of nitrogens with one attached hydrogen (secondary N) is 1. The molecule has 3 N–H and O–H groups in total. The van der Waals surface area contributed by atoms with Gasteiger partial charge in [-0.15, -0.1) is 10.2 Å². The summed E-state index contributed by atoms with van der Waals surface area (Å²) < 4.78 is 5.67. The van der Waals surface area contributed by atoms with Crippen molar-refractivity contribution in [3.63, 3.8) is 0 Å². The number of H-pyrrole nitrogens is 1. The summed E-state index contributed by atoms with van der Waals surface area (Å²) in [5.74, 6) is -1.21. The number of ether oxygens (including phenoxy) is 1. The highest BCUT2D eigenvalue weighted by Gasteiger charge is 2.22. The lowest BCUT2D eigenvalue weighted by Gasteiger charge is -2.07. The van der Waals surface area contributed by atoms with Crippen molar-refractivity contribution in [2.45, 2.75) is 12.8 Å². The highest BCUT2D eigenvalue weighted by atomic mass is 16.5. The third-order valence-electron chi connectivity index (χ3n) is 2.30.